The first-order valence-corrected chi connectivity index (χ1v) is 9.92. The van der Waals surface area contributed by atoms with Gasteiger partial charge in [0.15, 0.2) is 11.5 Å². The van der Waals surface area contributed by atoms with E-state index < -0.39 is 0 Å². The number of Topliss-reactive ketones (excluding diaryl/α,β-unsaturated/α-hetero) is 1. The van der Waals surface area contributed by atoms with Crippen molar-refractivity contribution >= 4 is 17.4 Å². The van der Waals surface area contributed by atoms with Gasteiger partial charge in [-0.15, -0.1) is 0 Å². The first kappa shape index (κ1) is 21.4. The number of carbonyl (C=O) groups is 2. The van der Waals surface area contributed by atoms with E-state index in [2.05, 4.69) is 15.6 Å². The summed E-state index contributed by atoms with van der Waals surface area (Å²) in [7, 11) is 0. The molecule has 4 N–H and O–H groups in total. The van der Waals surface area contributed by atoms with E-state index in [1.807, 2.05) is 6.92 Å². The lowest BCUT2D eigenvalue weighted by molar-refractivity contribution is -0.118. The van der Waals surface area contributed by atoms with Crippen LogP contribution in [0.1, 0.15) is 42.8 Å². The number of hydrogen-bond acceptors (Lipinski definition) is 7. The average molecular weight is 410 g/mol. The normalized spacial score (nSPS) is 14.8. The van der Waals surface area contributed by atoms with Gasteiger partial charge in [-0.05, 0) is 43.9 Å². The van der Waals surface area contributed by atoms with Crippen LogP contribution in [0.2, 0.25) is 0 Å². The number of aliphatic hydroxyl groups excluding tert-OH is 1. The lowest BCUT2D eigenvalue weighted by atomic mass is 10.1. The van der Waals surface area contributed by atoms with Crippen molar-refractivity contribution in [1.29, 1.82) is 5.41 Å². The topological polar surface area (TPSA) is 128 Å². The lowest BCUT2D eigenvalue weighted by Crippen LogP contribution is -2.39. The number of hydrogen-bond donors (Lipinski definition) is 4. The molecule has 0 saturated heterocycles. The third-order valence-electron chi connectivity index (χ3n) is 4.92. The average Bonchev–Trinajstić information content (AvgIpc) is 3.47. The summed E-state index contributed by atoms with van der Waals surface area (Å²) >= 11 is 0. The van der Waals surface area contributed by atoms with Crippen LogP contribution in [0, 0.1) is 11.3 Å². The van der Waals surface area contributed by atoms with Crippen LogP contribution in [0.3, 0.4) is 0 Å². The fourth-order valence-electron chi connectivity index (χ4n) is 3.00. The molecule has 3 rings (SSSR count). The summed E-state index contributed by atoms with van der Waals surface area (Å²) < 4.78 is 5.46. The number of rotatable bonds is 10. The van der Waals surface area contributed by atoms with Crippen molar-refractivity contribution in [3.05, 3.63) is 53.6 Å². The number of nitrogens with one attached hydrogen (secondary N) is 3. The zero-order chi connectivity index (χ0) is 21.7. The van der Waals surface area contributed by atoms with Crippen LogP contribution in [0.15, 0.2) is 46.7 Å². The number of nitrogens with zero attached hydrogens (tertiary/aromatic N) is 1. The Hall–Kier alpha value is -3.26. The number of ketones is 1. The smallest absolute Gasteiger partial charge is 0.267 e. The SMILES string of the molecule is CC(=O)c1cnc(-c2cccc(C(=N)/C=C(\NCCO)C(=O)N[C@@H](C)C3CC3)c2)o1. The molecule has 158 valence electrons. The van der Waals surface area contributed by atoms with Gasteiger partial charge in [0.05, 0.1) is 18.5 Å². The van der Waals surface area contributed by atoms with Crippen molar-refractivity contribution < 1.29 is 19.1 Å². The highest BCUT2D eigenvalue weighted by Crippen LogP contribution is 2.32. The fraction of sp³-hybridized carbons (Fsp3) is 0.364. The number of carbonyl (C=O) groups excluding carboxylic acids is 2. The molecule has 1 aromatic heterocycles. The quantitative estimate of drug-likeness (QED) is 0.270. The molecule has 1 aliphatic carbocycles. The van der Waals surface area contributed by atoms with Crippen molar-refractivity contribution in [1.82, 2.24) is 15.6 Å². The van der Waals surface area contributed by atoms with Gasteiger partial charge in [-0.2, -0.15) is 0 Å². The summed E-state index contributed by atoms with van der Waals surface area (Å²) in [6.07, 6.45) is 5.04. The van der Waals surface area contributed by atoms with Crippen LogP contribution < -0.4 is 10.6 Å². The Labute approximate surface area is 174 Å². The second-order valence-corrected chi connectivity index (χ2v) is 7.39. The van der Waals surface area contributed by atoms with Crippen LogP contribution in [0.25, 0.3) is 11.5 Å². The van der Waals surface area contributed by atoms with Crippen molar-refractivity contribution in [3.63, 3.8) is 0 Å². The van der Waals surface area contributed by atoms with E-state index in [0.717, 1.165) is 12.8 Å². The molecule has 1 saturated carbocycles. The molecule has 0 unspecified atom stereocenters. The molecule has 1 fully saturated rings. The highest BCUT2D eigenvalue weighted by molar-refractivity contribution is 6.11. The van der Waals surface area contributed by atoms with Crippen LogP contribution in [0.4, 0.5) is 0 Å². The molecule has 1 heterocycles. The highest BCUT2D eigenvalue weighted by atomic mass is 16.4. The van der Waals surface area contributed by atoms with Gasteiger partial charge in [-0.3, -0.25) is 9.59 Å². The Morgan fingerprint density at radius 3 is 2.80 bits per heavy atom. The summed E-state index contributed by atoms with van der Waals surface area (Å²) in [6, 6.07) is 7.04. The first-order valence-electron chi connectivity index (χ1n) is 9.92. The van der Waals surface area contributed by atoms with Crippen LogP contribution in [-0.4, -0.2) is 46.7 Å². The maximum absolute atomic E-state index is 12.6. The molecular weight excluding hydrogens is 384 g/mol. The fourth-order valence-corrected chi connectivity index (χ4v) is 3.00. The Morgan fingerprint density at radius 2 is 2.17 bits per heavy atom. The maximum Gasteiger partial charge on any atom is 0.267 e. The second kappa shape index (κ2) is 9.49. The minimum atomic E-state index is -0.303. The highest BCUT2D eigenvalue weighted by Gasteiger charge is 2.29. The standard InChI is InChI=1S/C22H26N4O4/c1-13(15-6-7-15)26-21(29)19(24-8-9-27)11-18(23)16-4-3-5-17(10-16)22-25-12-20(30-22)14(2)28/h3-5,10-13,15,23-24,27H,6-9H2,1-2H3,(H,26,29)/b19-11-,23-18?/t13-/m0/s1. The Kier molecular flexibility index (Phi) is 6.79. The van der Waals surface area contributed by atoms with Crippen LogP contribution in [0.5, 0.6) is 0 Å². The van der Waals surface area contributed by atoms with E-state index in [-0.39, 0.29) is 53.9 Å². The molecule has 0 spiro atoms. The molecule has 1 aromatic carbocycles. The first-order chi connectivity index (χ1) is 14.4. The number of aromatic nitrogens is 1. The van der Waals surface area contributed by atoms with Gasteiger partial charge in [0.1, 0.15) is 5.70 Å². The molecule has 0 radical (unpaired) electrons. The number of benzene rings is 1. The van der Waals surface area contributed by atoms with Gasteiger partial charge in [0.2, 0.25) is 5.89 Å². The van der Waals surface area contributed by atoms with Crippen molar-refractivity contribution in [2.45, 2.75) is 32.7 Å². The molecule has 0 bridgehead atoms. The number of oxazole rings is 1. The minimum absolute atomic E-state index is 0.0647. The van der Waals surface area contributed by atoms with Gasteiger partial charge < -0.3 is 25.6 Å². The molecule has 1 amide bonds. The van der Waals surface area contributed by atoms with Crippen molar-refractivity contribution in [2.24, 2.45) is 5.92 Å². The maximum atomic E-state index is 12.6. The molecule has 1 aliphatic rings. The molecule has 0 aliphatic heterocycles. The number of allylic oxidation sites excluding steroid dienone is 1. The molecule has 1 atom stereocenters. The number of aliphatic hydroxyl groups is 1. The lowest BCUT2D eigenvalue weighted by Gasteiger charge is -2.16. The predicted octanol–water partition coefficient (Wildman–Crippen LogP) is 2.29. The Balaban J connectivity index is 1.80. The van der Waals surface area contributed by atoms with E-state index in [1.165, 1.54) is 19.2 Å². The van der Waals surface area contributed by atoms with Gasteiger partial charge in [-0.25, -0.2) is 4.98 Å². The second-order valence-electron chi connectivity index (χ2n) is 7.39. The molecule has 8 nitrogen and oxygen atoms in total. The summed E-state index contributed by atoms with van der Waals surface area (Å²) in [5.41, 5.74) is 1.52. The van der Waals surface area contributed by atoms with E-state index >= 15 is 0 Å². The largest absolute Gasteiger partial charge is 0.433 e. The minimum Gasteiger partial charge on any atom is -0.433 e. The monoisotopic (exact) mass is 410 g/mol. The molecule has 8 heteroatoms. The Morgan fingerprint density at radius 1 is 1.40 bits per heavy atom. The summed E-state index contributed by atoms with van der Waals surface area (Å²) in [4.78, 5) is 28.2. The van der Waals surface area contributed by atoms with Crippen LogP contribution in [-0.2, 0) is 4.79 Å². The predicted molar refractivity (Wildman–Crippen MR) is 112 cm³/mol. The summed E-state index contributed by atoms with van der Waals surface area (Å²) in [6.45, 7) is 3.44. The van der Waals surface area contributed by atoms with E-state index in [0.29, 0.717) is 17.0 Å². The van der Waals surface area contributed by atoms with E-state index in [4.69, 9.17) is 14.9 Å². The molecule has 2 aromatic rings. The third-order valence-corrected chi connectivity index (χ3v) is 4.92. The van der Waals surface area contributed by atoms with Gasteiger partial charge in [0.25, 0.3) is 5.91 Å². The van der Waals surface area contributed by atoms with Gasteiger partial charge in [0, 0.05) is 30.6 Å². The summed E-state index contributed by atoms with van der Waals surface area (Å²) in [5, 5.41) is 23.4. The van der Waals surface area contributed by atoms with Gasteiger partial charge in [-0.1, -0.05) is 12.1 Å². The van der Waals surface area contributed by atoms with Gasteiger partial charge >= 0.3 is 0 Å². The molecular formula is C22H26N4O4. The van der Waals surface area contributed by atoms with Crippen molar-refractivity contribution in [2.75, 3.05) is 13.2 Å². The van der Waals surface area contributed by atoms with Crippen LogP contribution >= 0.6 is 0 Å². The van der Waals surface area contributed by atoms with E-state index in [9.17, 15) is 9.59 Å². The molecule has 30 heavy (non-hydrogen) atoms. The zero-order valence-corrected chi connectivity index (χ0v) is 17.1. The number of amides is 1. The summed E-state index contributed by atoms with van der Waals surface area (Å²) in [5.74, 6) is 0.440. The van der Waals surface area contributed by atoms with Crippen molar-refractivity contribution in [3.8, 4) is 11.5 Å². The Bertz CT molecular complexity index is 975. The van der Waals surface area contributed by atoms with E-state index in [1.54, 1.807) is 24.3 Å². The zero-order valence-electron chi connectivity index (χ0n) is 17.1. The third kappa shape index (κ3) is 5.42.